The fourth-order valence-electron chi connectivity index (χ4n) is 1.07. The summed E-state index contributed by atoms with van der Waals surface area (Å²) in [5.41, 5.74) is 2.68. The van der Waals surface area contributed by atoms with Crippen LogP contribution in [-0.4, -0.2) is 0 Å². The van der Waals surface area contributed by atoms with Gasteiger partial charge in [-0.15, -0.1) is 0 Å². The highest BCUT2D eigenvalue weighted by Gasteiger charge is 2.37. The Hall–Kier alpha value is -0.520. The van der Waals surface area contributed by atoms with E-state index in [9.17, 15) is 0 Å². The lowest BCUT2D eigenvalue weighted by Crippen LogP contribution is -2.33. The molecule has 0 aromatic heterocycles. The van der Waals surface area contributed by atoms with E-state index in [0.29, 0.717) is 0 Å². The molecule has 0 unspecified atom stereocenters. The predicted octanol–water partition coefficient (Wildman–Crippen LogP) is 4.19. The summed E-state index contributed by atoms with van der Waals surface area (Å²) >= 11 is 0. The molecule has 0 aromatic rings. The molecular weight excluding hydrogens is 144 g/mol. The minimum Gasteiger partial charge on any atom is -0.0996 e. The SMILES string of the molecule is C=C(C)C(C)(C)C(C)(C)C(=C)C. The lowest BCUT2D eigenvalue weighted by molar-refractivity contribution is 0.200. The van der Waals surface area contributed by atoms with Crippen molar-refractivity contribution in [2.75, 3.05) is 0 Å². The van der Waals surface area contributed by atoms with Crippen LogP contribution >= 0.6 is 0 Å². The molecule has 0 rings (SSSR count). The topological polar surface area (TPSA) is 0 Å². The van der Waals surface area contributed by atoms with Gasteiger partial charge in [0, 0.05) is 0 Å². The van der Waals surface area contributed by atoms with Crippen molar-refractivity contribution in [2.24, 2.45) is 10.8 Å². The molecule has 70 valence electrons. The second-order valence-electron chi connectivity index (χ2n) is 4.81. The van der Waals surface area contributed by atoms with Crippen LogP contribution in [-0.2, 0) is 0 Å². The maximum absolute atomic E-state index is 4.03. The lowest BCUT2D eigenvalue weighted by atomic mass is 9.61. The molecule has 0 fully saturated rings. The van der Waals surface area contributed by atoms with Crippen molar-refractivity contribution in [3.05, 3.63) is 24.3 Å². The summed E-state index contributed by atoms with van der Waals surface area (Å²) in [6.07, 6.45) is 0. The van der Waals surface area contributed by atoms with Crippen LogP contribution in [0.15, 0.2) is 24.3 Å². The van der Waals surface area contributed by atoms with E-state index < -0.39 is 0 Å². The Bertz CT molecular complexity index is 180. The molecule has 0 bridgehead atoms. The molecule has 0 aliphatic rings. The second kappa shape index (κ2) is 3.08. The number of rotatable bonds is 3. The van der Waals surface area contributed by atoms with Crippen LogP contribution in [0.3, 0.4) is 0 Å². The van der Waals surface area contributed by atoms with Crippen LogP contribution < -0.4 is 0 Å². The van der Waals surface area contributed by atoms with Gasteiger partial charge in [-0.25, -0.2) is 0 Å². The highest BCUT2D eigenvalue weighted by atomic mass is 14.4. The van der Waals surface area contributed by atoms with E-state index in [1.807, 2.05) is 0 Å². The van der Waals surface area contributed by atoms with E-state index in [2.05, 4.69) is 54.7 Å². The summed E-state index contributed by atoms with van der Waals surface area (Å²) in [4.78, 5) is 0. The second-order valence-corrected chi connectivity index (χ2v) is 4.81. The molecule has 0 aliphatic heterocycles. The summed E-state index contributed by atoms with van der Waals surface area (Å²) in [7, 11) is 0. The predicted molar refractivity (Wildman–Crippen MR) is 57.2 cm³/mol. The Kier molecular flexibility index (Phi) is 2.95. The van der Waals surface area contributed by atoms with E-state index in [1.165, 1.54) is 11.1 Å². The number of hydrogen-bond donors (Lipinski definition) is 0. The van der Waals surface area contributed by atoms with Crippen molar-refractivity contribution in [2.45, 2.75) is 41.5 Å². The zero-order chi connectivity index (χ0) is 10.2. The van der Waals surface area contributed by atoms with Gasteiger partial charge in [0.2, 0.25) is 0 Å². The molecule has 0 atom stereocenters. The standard InChI is InChI=1S/C12H22/c1-9(2)11(5,6)12(7,8)10(3)4/h1,3H2,2,4-8H3. The highest BCUT2D eigenvalue weighted by Crippen LogP contribution is 2.47. The Morgan fingerprint density at radius 2 is 0.917 bits per heavy atom. The summed E-state index contributed by atoms with van der Waals surface area (Å²) in [6, 6.07) is 0. The Morgan fingerprint density at radius 1 is 0.750 bits per heavy atom. The van der Waals surface area contributed by atoms with Crippen molar-refractivity contribution < 1.29 is 0 Å². The van der Waals surface area contributed by atoms with Gasteiger partial charge >= 0.3 is 0 Å². The maximum atomic E-state index is 4.03. The fraction of sp³-hybridized carbons (Fsp3) is 0.667. The molecule has 0 heterocycles. The van der Waals surface area contributed by atoms with E-state index in [-0.39, 0.29) is 10.8 Å². The first kappa shape index (κ1) is 11.5. The smallest absolute Gasteiger partial charge is 0.00620 e. The van der Waals surface area contributed by atoms with E-state index in [0.717, 1.165) is 0 Å². The minimum atomic E-state index is 0.124. The first-order chi connectivity index (χ1) is 5.14. The van der Waals surface area contributed by atoms with Gasteiger partial charge in [-0.05, 0) is 24.7 Å². The first-order valence-corrected chi connectivity index (χ1v) is 4.46. The lowest BCUT2D eigenvalue weighted by Gasteiger charge is -2.43. The summed E-state index contributed by atoms with van der Waals surface area (Å²) in [6.45, 7) is 21.1. The monoisotopic (exact) mass is 166 g/mol. The zero-order valence-electron chi connectivity index (χ0n) is 9.41. The van der Waals surface area contributed by atoms with Crippen LogP contribution in [0.4, 0.5) is 0 Å². The van der Waals surface area contributed by atoms with Gasteiger partial charge < -0.3 is 0 Å². The van der Waals surface area contributed by atoms with Crippen LogP contribution in [0, 0.1) is 10.8 Å². The largest absolute Gasteiger partial charge is 0.0996 e. The molecular formula is C12H22. The number of hydrogen-bond acceptors (Lipinski definition) is 0. The first-order valence-electron chi connectivity index (χ1n) is 4.46. The zero-order valence-corrected chi connectivity index (χ0v) is 9.41. The molecule has 0 aliphatic carbocycles. The van der Waals surface area contributed by atoms with Crippen LogP contribution in [0.2, 0.25) is 0 Å². The Labute approximate surface area is 77.4 Å². The molecule has 12 heavy (non-hydrogen) atoms. The third-order valence-corrected chi connectivity index (χ3v) is 3.70. The quantitative estimate of drug-likeness (QED) is 0.551. The highest BCUT2D eigenvalue weighted by molar-refractivity contribution is 5.19. The van der Waals surface area contributed by atoms with Gasteiger partial charge in [0.05, 0.1) is 0 Å². The van der Waals surface area contributed by atoms with Crippen LogP contribution in [0.5, 0.6) is 0 Å². The van der Waals surface area contributed by atoms with Gasteiger partial charge in [-0.2, -0.15) is 0 Å². The third kappa shape index (κ3) is 1.63. The van der Waals surface area contributed by atoms with Gasteiger partial charge in [-0.1, -0.05) is 52.0 Å². The molecule has 0 aromatic carbocycles. The van der Waals surface area contributed by atoms with Gasteiger partial charge in [0.15, 0.2) is 0 Å². The average Bonchev–Trinajstić information content (AvgIpc) is 1.86. The minimum absolute atomic E-state index is 0.124. The molecule has 0 N–H and O–H groups in total. The van der Waals surface area contributed by atoms with Crippen molar-refractivity contribution in [1.29, 1.82) is 0 Å². The van der Waals surface area contributed by atoms with Crippen molar-refractivity contribution in [3.63, 3.8) is 0 Å². The van der Waals surface area contributed by atoms with E-state index in [1.54, 1.807) is 0 Å². The third-order valence-electron chi connectivity index (χ3n) is 3.70. The Balaban J connectivity index is 5.01. The fourth-order valence-corrected chi connectivity index (χ4v) is 1.07. The molecule has 0 heteroatoms. The molecule has 0 saturated carbocycles. The van der Waals surface area contributed by atoms with Gasteiger partial charge in [-0.3, -0.25) is 0 Å². The van der Waals surface area contributed by atoms with Crippen LogP contribution in [0.25, 0.3) is 0 Å². The molecule has 0 saturated heterocycles. The van der Waals surface area contributed by atoms with Gasteiger partial charge in [0.1, 0.15) is 0 Å². The van der Waals surface area contributed by atoms with Crippen molar-refractivity contribution in [3.8, 4) is 0 Å². The Morgan fingerprint density at radius 3 is 1.00 bits per heavy atom. The van der Waals surface area contributed by atoms with E-state index >= 15 is 0 Å². The van der Waals surface area contributed by atoms with Gasteiger partial charge in [0.25, 0.3) is 0 Å². The summed E-state index contributed by atoms with van der Waals surface area (Å²) in [5, 5.41) is 0. The summed E-state index contributed by atoms with van der Waals surface area (Å²) in [5.74, 6) is 0. The van der Waals surface area contributed by atoms with Crippen molar-refractivity contribution >= 4 is 0 Å². The molecule has 0 spiro atoms. The molecule has 0 amide bonds. The van der Waals surface area contributed by atoms with Crippen LogP contribution in [0.1, 0.15) is 41.5 Å². The van der Waals surface area contributed by atoms with E-state index in [4.69, 9.17) is 0 Å². The number of allylic oxidation sites excluding steroid dienone is 2. The average molecular weight is 166 g/mol. The normalized spacial score (nSPS) is 12.8. The molecule has 0 radical (unpaired) electrons. The maximum Gasteiger partial charge on any atom is -0.00620 e. The summed E-state index contributed by atoms with van der Waals surface area (Å²) < 4.78 is 0. The van der Waals surface area contributed by atoms with Crippen molar-refractivity contribution in [1.82, 2.24) is 0 Å². The molecule has 0 nitrogen and oxygen atoms in total.